The Kier molecular flexibility index (Phi) is 6.77. The van der Waals surface area contributed by atoms with Gasteiger partial charge in [0.15, 0.2) is 5.75 Å². The monoisotopic (exact) mass is 480 g/mol. The molecule has 7 heteroatoms. The van der Waals surface area contributed by atoms with Gasteiger partial charge in [-0.2, -0.15) is 0 Å². The van der Waals surface area contributed by atoms with Crippen LogP contribution >= 0.6 is 55.1 Å². The van der Waals surface area contributed by atoms with Crippen molar-refractivity contribution in [3.63, 3.8) is 0 Å². The molecule has 0 aromatic heterocycles. The minimum absolute atomic E-state index is 0.211. The first-order chi connectivity index (χ1) is 10.9. The van der Waals surface area contributed by atoms with Gasteiger partial charge < -0.3 is 9.47 Å². The number of rotatable bonds is 5. The van der Waals surface area contributed by atoms with E-state index >= 15 is 0 Å². The predicted molar refractivity (Wildman–Crippen MR) is 99.0 cm³/mol. The van der Waals surface area contributed by atoms with Gasteiger partial charge in [-0.15, -0.1) is 0 Å². The summed E-state index contributed by atoms with van der Waals surface area (Å²) in [7, 11) is 0. The van der Waals surface area contributed by atoms with Crippen molar-refractivity contribution in [2.75, 3.05) is 6.61 Å². The van der Waals surface area contributed by atoms with Crippen LogP contribution in [0.25, 0.3) is 0 Å². The highest BCUT2D eigenvalue weighted by molar-refractivity contribution is 9.10. The minimum Gasteiger partial charge on any atom is -0.493 e. The first-order valence-electron chi connectivity index (χ1n) is 6.71. The number of hydrogen-bond donors (Lipinski definition) is 0. The second-order valence-electron chi connectivity index (χ2n) is 4.58. The summed E-state index contributed by atoms with van der Waals surface area (Å²) in [4.78, 5) is 12.5. The molecule has 0 atom stereocenters. The Labute approximate surface area is 161 Å². The fourth-order valence-electron chi connectivity index (χ4n) is 1.77. The molecule has 0 heterocycles. The van der Waals surface area contributed by atoms with Gasteiger partial charge in [0.25, 0.3) is 0 Å². The van der Waals surface area contributed by atoms with Crippen molar-refractivity contribution < 1.29 is 14.3 Å². The van der Waals surface area contributed by atoms with E-state index in [1.807, 2.05) is 6.92 Å². The molecular weight excluding hydrogens is 471 g/mol. The zero-order valence-corrected chi connectivity index (χ0v) is 16.7. The summed E-state index contributed by atoms with van der Waals surface area (Å²) >= 11 is 18.6. The third-order valence-corrected chi connectivity index (χ3v) is 4.36. The van der Waals surface area contributed by atoms with Crippen molar-refractivity contribution in [2.45, 2.75) is 13.3 Å². The third-order valence-electron chi connectivity index (χ3n) is 2.78. The number of benzene rings is 2. The molecule has 0 N–H and O–H groups in total. The molecule has 3 nitrogen and oxygen atoms in total. The van der Waals surface area contributed by atoms with E-state index in [9.17, 15) is 4.79 Å². The normalized spacial score (nSPS) is 10.5. The Morgan fingerprint density at radius 3 is 2.57 bits per heavy atom. The summed E-state index contributed by atoms with van der Waals surface area (Å²) in [6.45, 7) is 2.49. The fourth-order valence-corrected chi connectivity index (χ4v) is 3.45. The molecule has 0 bridgehead atoms. The van der Waals surface area contributed by atoms with E-state index in [0.717, 1.165) is 10.9 Å². The van der Waals surface area contributed by atoms with E-state index in [4.69, 9.17) is 32.7 Å². The van der Waals surface area contributed by atoms with Gasteiger partial charge >= 0.3 is 5.97 Å². The van der Waals surface area contributed by atoms with Crippen LogP contribution in [0.1, 0.15) is 23.7 Å². The van der Waals surface area contributed by atoms with E-state index < -0.39 is 5.97 Å². The molecule has 0 fully saturated rings. The smallest absolute Gasteiger partial charge is 0.347 e. The van der Waals surface area contributed by atoms with Gasteiger partial charge in [-0.3, -0.25) is 0 Å². The van der Waals surface area contributed by atoms with Crippen molar-refractivity contribution in [1.82, 2.24) is 0 Å². The van der Waals surface area contributed by atoms with Crippen LogP contribution in [0.3, 0.4) is 0 Å². The van der Waals surface area contributed by atoms with Gasteiger partial charge in [-0.25, -0.2) is 4.79 Å². The molecular formula is C16H12Br2Cl2O3. The number of carbonyl (C=O) groups excluding carboxylic acids is 1. The minimum atomic E-state index is -0.567. The molecule has 2 aromatic carbocycles. The maximum atomic E-state index is 12.5. The Balaban J connectivity index is 2.32. The number of esters is 1. The Bertz CT molecular complexity index is 712. The van der Waals surface area contributed by atoms with E-state index in [1.165, 1.54) is 6.07 Å². The third kappa shape index (κ3) is 4.86. The lowest BCUT2D eigenvalue weighted by Gasteiger charge is -2.13. The van der Waals surface area contributed by atoms with Crippen LogP contribution < -0.4 is 9.47 Å². The predicted octanol–water partition coefficient (Wildman–Crippen LogP) is 6.53. The molecule has 0 amide bonds. The van der Waals surface area contributed by atoms with E-state index in [0.29, 0.717) is 27.4 Å². The summed E-state index contributed by atoms with van der Waals surface area (Å²) in [6, 6.07) is 8.27. The maximum absolute atomic E-state index is 12.5. The summed E-state index contributed by atoms with van der Waals surface area (Å²) in [6.07, 6.45) is 0.832. The standard InChI is InChI=1S/C16H12Br2Cl2O3/c1-2-5-22-14-4-3-9(17)6-11(14)16(21)23-15-12(18)7-10(19)8-13(15)20/h3-4,6-8H,2,5H2,1H3. The Morgan fingerprint density at radius 2 is 1.91 bits per heavy atom. The topological polar surface area (TPSA) is 35.5 Å². The van der Waals surface area contributed by atoms with Crippen molar-refractivity contribution in [1.29, 1.82) is 0 Å². The maximum Gasteiger partial charge on any atom is 0.347 e. The van der Waals surface area contributed by atoms with Crippen LogP contribution in [0.4, 0.5) is 0 Å². The lowest BCUT2D eigenvalue weighted by molar-refractivity contribution is 0.0729. The molecule has 0 aliphatic heterocycles. The summed E-state index contributed by atoms with van der Waals surface area (Å²) in [5.74, 6) is 0.103. The van der Waals surface area contributed by atoms with E-state index in [-0.39, 0.29) is 10.8 Å². The molecule has 23 heavy (non-hydrogen) atoms. The number of halogens is 4. The highest BCUT2D eigenvalue weighted by atomic mass is 79.9. The van der Waals surface area contributed by atoms with Crippen molar-refractivity contribution in [3.05, 3.63) is 54.9 Å². The lowest BCUT2D eigenvalue weighted by atomic mass is 10.2. The Morgan fingerprint density at radius 1 is 1.17 bits per heavy atom. The molecule has 0 saturated carbocycles. The van der Waals surface area contributed by atoms with Crippen LogP contribution in [0, 0.1) is 0 Å². The average Bonchev–Trinajstić information content (AvgIpc) is 2.49. The van der Waals surface area contributed by atoms with E-state index in [1.54, 1.807) is 24.3 Å². The van der Waals surface area contributed by atoms with Crippen LogP contribution in [0.15, 0.2) is 39.3 Å². The molecule has 0 aliphatic carbocycles. The molecule has 0 saturated heterocycles. The van der Waals surface area contributed by atoms with Crippen LogP contribution in [0.2, 0.25) is 10.0 Å². The lowest BCUT2D eigenvalue weighted by Crippen LogP contribution is -2.12. The van der Waals surface area contributed by atoms with Gasteiger partial charge in [-0.1, -0.05) is 46.1 Å². The summed E-state index contributed by atoms with van der Waals surface area (Å²) in [5, 5.41) is 0.680. The zero-order valence-electron chi connectivity index (χ0n) is 12.0. The fraction of sp³-hybridized carbons (Fsp3) is 0.188. The zero-order chi connectivity index (χ0) is 17.0. The van der Waals surface area contributed by atoms with Crippen molar-refractivity contribution in [2.24, 2.45) is 0 Å². The van der Waals surface area contributed by atoms with Gasteiger partial charge in [0, 0.05) is 9.50 Å². The van der Waals surface area contributed by atoms with E-state index in [2.05, 4.69) is 31.9 Å². The van der Waals surface area contributed by atoms with Crippen molar-refractivity contribution >= 4 is 61.0 Å². The molecule has 2 aromatic rings. The molecule has 2 rings (SSSR count). The van der Waals surface area contributed by atoms with Crippen LogP contribution in [-0.2, 0) is 0 Å². The average molecular weight is 483 g/mol. The molecule has 122 valence electrons. The second kappa shape index (κ2) is 8.38. The largest absolute Gasteiger partial charge is 0.493 e. The van der Waals surface area contributed by atoms with Crippen molar-refractivity contribution in [3.8, 4) is 11.5 Å². The Hall–Kier alpha value is -0.750. The summed E-state index contributed by atoms with van der Waals surface area (Å²) in [5.41, 5.74) is 0.311. The molecule has 0 radical (unpaired) electrons. The number of ether oxygens (including phenoxy) is 2. The van der Waals surface area contributed by atoms with Crippen LogP contribution in [-0.4, -0.2) is 12.6 Å². The van der Waals surface area contributed by atoms with Gasteiger partial charge in [0.2, 0.25) is 0 Å². The first-order valence-corrected chi connectivity index (χ1v) is 9.05. The van der Waals surface area contributed by atoms with Crippen LogP contribution in [0.5, 0.6) is 11.5 Å². The highest BCUT2D eigenvalue weighted by Crippen LogP contribution is 2.37. The van der Waals surface area contributed by atoms with Gasteiger partial charge in [0.1, 0.15) is 11.3 Å². The first kappa shape index (κ1) is 18.6. The molecule has 0 aliphatic rings. The quantitative estimate of drug-likeness (QED) is 0.359. The number of hydrogen-bond acceptors (Lipinski definition) is 3. The number of carbonyl (C=O) groups is 1. The highest BCUT2D eigenvalue weighted by Gasteiger charge is 2.19. The van der Waals surface area contributed by atoms with Gasteiger partial charge in [-0.05, 0) is 52.7 Å². The molecule has 0 spiro atoms. The second-order valence-corrected chi connectivity index (χ2v) is 7.19. The van der Waals surface area contributed by atoms with Gasteiger partial charge in [0.05, 0.1) is 16.1 Å². The molecule has 0 unspecified atom stereocenters. The SMILES string of the molecule is CCCOc1ccc(Br)cc1C(=O)Oc1c(Cl)cc(Cl)cc1Br. The summed E-state index contributed by atoms with van der Waals surface area (Å²) < 4.78 is 12.2.